The van der Waals surface area contributed by atoms with Crippen molar-refractivity contribution in [1.29, 1.82) is 0 Å². The van der Waals surface area contributed by atoms with Gasteiger partial charge in [-0.2, -0.15) is 4.98 Å². The van der Waals surface area contributed by atoms with Gasteiger partial charge in [-0.25, -0.2) is 18.4 Å². The van der Waals surface area contributed by atoms with Gasteiger partial charge in [0.25, 0.3) is 0 Å². The summed E-state index contributed by atoms with van der Waals surface area (Å²) in [6.45, 7) is 0. The lowest BCUT2D eigenvalue weighted by molar-refractivity contribution is -0.115. The van der Waals surface area contributed by atoms with Crippen molar-refractivity contribution in [2.45, 2.75) is 12.2 Å². The van der Waals surface area contributed by atoms with E-state index in [4.69, 9.17) is 0 Å². The van der Waals surface area contributed by atoms with Crippen LogP contribution in [0.1, 0.15) is 11.1 Å². The molecule has 11 heteroatoms. The molecule has 2 N–H and O–H groups in total. The Morgan fingerprint density at radius 3 is 2.42 bits per heavy atom. The second-order valence-corrected chi connectivity index (χ2v) is 11.7. The van der Waals surface area contributed by atoms with Crippen LogP contribution in [0.25, 0.3) is 11.0 Å². The highest BCUT2D eigenvalue weighted by molar-refractivity contribution is 7.89. The van der Waals surface area contributed by atoms with Crippen molar-refractivity contribution in [3.8, 4) is 0 Å². The fourth-order valence-electron chi connectivity index (χ4n) is 4.30. The zero-order valence-electron chi connectivity index (χ0n) is 22.4. The highest BCUT2D eigenvalue weighted by Crippen LogP contribution is 2.28. The van der Waals surface area contributed by atoms with Crippen LogP contribution in [0, 0.1) is 0 Å². The summed E-state index contributed by atoms with van der Waals surface area (Å²) in [6.07, 6.45) is 3.15. The summed E-state index contributed by atoms with van der Waals surface area (Å²) in [6, 6.07) is 24.4. The minimum Gasteiger partial charge on any atom is -0.329 e. The topological polar surface area (TPSA) is 122 Å². The Kier molecular flexibility index (Phi) is 7.47. The van der Waals surface area contributed by atoms with E-state index in [1.165, 1.54) is 6.26 Å². The maximum absolute atomic E-state index is 12.6. The van der Waals surface area contributed by atoms with Gasteiger partial charge in [-0.15, -0.1) is 0 Å². The number of sulfone groups is 1. The molecule has 0 atom stereocenters. The van der Waals surface area contributed by atoms with Crippen LogP contribution in [0.15, 0.2) is 85.1 Å². The third kappa shape index (κ3) is 6.44. The van der Waals surface area contributed by atoms with Crippen LogP contribution < -0.4 is 15.5 Å². The standard InChI is InChI=1S/C29H29N7O3S/c1-35(26-15-16-30-28(33-26)31-22-11-9-21(10-12-22)19-40(3,38)39)23-13-14-25-24(18-23)32-29(36(25)2)34-27(37)17-20-7-5-4-6-8-20/h4-16,18H,17,19H2,1-3H3,(H,30,31,33)(H,32,34,37). The molecular weight excluding hydrogens is 526 g/mol. The molecule has 0 unspecified atom stereocenters. The van der Waals surface area contributed by atoms with Crippen LogP contribution >= 0.6 is 0 Å². The predicted molar refractivity (Wildman–Crippen MR) is 158 cm³/mol. The SMILES string of the molecule is CN(c1ccc2c(c1)nc(NC(=O)Cc1ccccc1)n2C)c1ccnc(Nc2ccc(CS(C)(=O)=O)cc2)n1. The number of hydrogen-bond acceptors (Lipinski definition) is 8. The molecule has 10 nitrogen and oxygen atoms in total. The van der Waals surface area contributed by atoms with Crippen LogP contribution in [0.2, 0.25) is 0 Å². The van der Waals surface area contributed by atoms with Crippen LogP contribution in [-0.4, -0.2) is 47.1 Å². The molecular formula is C29H29N7O3S. The zero-order chi connectivity index (χ0) is 28.3. The number of anilines is 5. The molecule has 0 radical (unpaired) electrons. The number of aryl methyl sites for hydroxylation is 1. The lowest BCUT2D eigenvalue weighted by Crippen LogP contribution is -2.17. The summed E-state index contributed by atoms with van der Waals surface area (Å²) >= 11 is 0. The molecule has 5 rings (SSSR count). The van der Waals surface area contributed by atoms with Crippen molar-refractivity contribution in [1.82, 2.24) is 19.5 Å². The molecule has 5 aromatic rings. The van der Waals surface area contributed by atoms with Gasteiger partial charge in [-0.05, 0) is 47.5 Å². The summed E-state index contributed by atoms with van der Waals surface area (Å²) in [4.78, 5) is 28.1. The van der Waals surface area contributed by atoms with Crippen molar-refractivity contribution in [2.75, 3.05) is 28.8 Å². The quantitative estimate of drug-likeness (QED) is 0.271. The third-order valence-electron chi connectivity index (χ3n) is 6.33. The summed E-state index contributed by atoms with van der Waals surface area (Å²) in [5.41, 5.74) is 4.88. The Balaban J connectivity index is 1.30. The number of aromatic nitrogens is 4. The van der Waals surface area contributed by atoms with Crippen LogP contribution in [0.5, 0.6) is 0 Å². The number of rotatable bonds is 9. The molecule has 204 valence electrons. The Hall–Kier alpha value is -4.77. The van der Waals surface area contributed by atoms with Gasteiger partial charge < -0.3 is 14.8 Å². The van der Waals surface area contributed by atoms with Crippen molar-refractivity contribution >= 4 is 55.9 Å². The second kappa shape index (κ2) is 11.1. The predicted octanol–water partition coefficient (Wildman–Crippen LogP) is 4.60. The Bertz CT molecular complexity index is 1770. The summed E-state index contributed by atoms with van der Waals surface area (Å²) in [5.74, 6) is 1.41. The summed E-state index contributed by atoms with van der Waals surface area (Å²) in [5, 5.41) is 6.08. The number of imidazole rings is 1. The first-order chi connectivity index (χ1) is 19.1. The van der Waals surface area contributed by atoms with Gasteiger partial charge in [0, 0.05) is 37.9 Å². The normalized spacial score (nSPS) is 11.4. The van der Waals surface area contributed by atoms with Crippen molar-refractivity contribution in [3.05, 3.63) is 96.2 Å². The van der Waals surface area contributed by atoms with Gasteiger partial charge in [-0.1, -0.05) is 42.5 Å². The largest absolute Gasteiger partial charge is 0.329 e. The lowest BCUT2D eigenvalue weighted by Gasteiger charge is -2.19. The van der Waals surface area contributed by atoms with E-state index in [9.17, 15) is 13.2 Å². The second-order valence-electron chi connectivity index (χ2n) is 9.57. The van der Waals surface area contributed by atoms with Gasteiger partial charge in [0.1, 0.15) is 5.82 Å². The van der Waals surface area contributed by atoms with Gasteiger partial charge in [0.15, 0.2) is 9.84 Å². The Morgan fingerprint density at radius 1 is 0.950 bits per heavy atom. The van der Waals surface area contributed by atoms with Crippen LogP contribution in [-0.2, 0) is 33.9 Å². The van der Waals surface area contributed by atoms with Gasteiger partial charge in [0.05, 0.1) is 23.2 Å². The molecule has 0 bridgehead atoms. The molecule has 0 aliphatic carbocycles. The van der Waals surface area contributed by atoms with Crippen molar-refractivity contribution < 1.29 is 13.2 Å². The smallest absolute Gasteiger partial charge is 0.231 e. The molecule has 2 aromatic heterocycles. The van der Waals surface area contributed by atoms with E-state index >= 15 is 0 Å². The average Bonchev–Trinajstić information content (AvgIpc) is 3.23. The molecule has 40 heavy (non-hydrogen) atoms. The number of nitrogens with one attached hydrogen (secondary N) is 2. The fourth-order valence-corrected chi connectivity index (χ4v) is 5.10. The van der Waals surface area contributed by atoms with E-state index in [1.807, 2.05) is 72.1 Å². The molecule has 0 aliphatic heterocycles. The minimum atomic E-state index is -3.10. The third-order valence-corrected chi connectivity index (χ3v) is 7.19. The molecule has 0 spiro atoms. The number of amides is 1. The monoisotopic (exact) mass is 555 g/mol. The number of fused-ring (bicyclic) bond motifs is 1. The first kappa shape index (κ1) is 26.8. The van der Waals surface area contributed by atoms with E-state index in [0.717, 1.165) is 28.0 Å². The van der Waals surface area contributed by atoms with Crippen LogP contribution in [0.4, 0.5) is 29.1 Å². The molecule has 0 saturated heterocycles. The highest BCUT2D eigenvalue weighted by atomic mass is 32.2. The number of benzene rings is 3. The molecule has 0 aliphatic rings. The molecule has 1 amide bonds. The number of nitrogens with zero attached hydrogens (tertiary/aromatic N) is 5. The maximum atomic E-state index is 12.6. The van der Waals surface area contributed by atoms with Gasteiger partial charge >= 0.3 is 0 Å². The average molecular weight is 556 g/mol. The molecule has 0 fully saturated rings. The van der Waals surface area contributed by atoms with E-state index in [0.29, 0.717) is 23.3 Å². The minimum absolute atomic E-state index is 0.00771. The van der Waals surface area contributed by atoms with E-state index in [2.05, 4.69) is 25.6 Å². The van der Waals surface area contributed by atoms with Crippen molar-refractivity contribution in [2.24, 2.45) is 7.05 Å². The first-order valence-corrected chi connectivity index (χ1v) is 14.6. The zero-order valence-corrected chi connectivity index (χ0v) is 23.2. The molecule has 2 heterocycles. The fraction of sp³-hybridized carbons (Fsp3) is 0.172. The number of hydrogen-bond donors (Lipinski definition) is 2. The van der Waals surface area contributed by atoms with Gasteiger partial charge in [0.2, 0.25) is 17.8 Å². The first-order valence-electron chi connectivity index (χ1n) is 12.6. The van der Waals surface area contributed by atoms with Crippen LogP contribution in [0.3, 0.4) is 0 Å². The summed E-state index contributed by atoms with van der Waals surface area (Å²) in [7, 11) is 0.672. The van der Waals surface area contributed by atoms with E-state index in [1.54, 1.807) is 36.5 Å². The molecule has 0 saturated carbocycles. The Labute approximate surface area is 232 Å². The maximum Gasteiger partial charge on any atom is 0.231 e. The number of carbonyl (C=O) groups excluding carboxylic acids is 1. The molecule has 3 aromatic carbocycles. The number of carbonyl (C=O) groups is 1. The Morgan fingerprint density at radius 2 is 1.70 bits per heavy atom. The highest BCUT2D eigenvalue weighted by Gasteiger charge is 2.14. The van der Waals surface area contributed by atoms with Crippen molar-refractivity contribution in [3.63, 3.8) is 0 Å². The summed E-state index contributed by atoms with van der Waals surface area (Å²) < 4.78 is 24.9. The van der Waals surface area contributed by atoms with E-state index < -0.39 is 9.84 Å². The lowest BCUT2D eigenvalue weighted by atomic mass is 10.1. The van der Waals surface area contributed by atoms with E-state index in [-0.39, 0.29) is 18.1 Å². The van der Waals surface area contributed by atoms with Gasteiger partial charge in [-0.3, -0.25) is 10.1 Å².